The molecule has 1 aromatic rings. The fourth-order valence-electron chi connectivity index (χ4n) is 0.835. The van der Waals surface area contributed by atoms with Crippen LogP contribution in [0.3, 0.4) is 0 Å². The SMILES string of the molecule is CCOCn1c(C)nc(I)c1I. The molecule has 0 aromatic carbocycles. The van der Waals surface area contributed by atoms with E-state index in [1.165, 1.54) is 0 Å². The van der Waals surface area contributed by atoms with Gasteiger partial charge in [-0.05, 0) is 59.0 Å². The number of hydrogen-bond acceptors (Lipinski definition) is 2. The van der Waals surface area contributed by atoms with Gasteiger partial charge in [0.1, 0.15) is 20.0 Å². The van der Waals surface area contributed by atoms with Gasteiger partial charge >= 0.3 is 0 Å². The average molecular weight is 392 g/mol. The van der Waals surface area contributed by atoms with Crippen molar-refractivity contribution in [1.82, 2.24) is 9.55 Å². The molecule has 0 saturated heterocycles. The molecule has 0 atom stereocenters. The highest BCUT2D eigenvalue weighted by Gasteiger charge is 2.08. The van der Waals surface area contributed by atoms with Crippen molar-refractivity contribution in [3.05, 3.63) is 13.2 Å². The van der Waals surface area contributed by atoms with E-state index in [1.54, 1.807) is 0 Å². The minimum Gasteiger partial charge on any atom is -0.361 e. The van der Waals surface area contributed by atoms with E-state index in [2.05, 4.69) is 54.7 Å². The monoisotopic (exact) mass is 392 g/mol. The number of nitrogens with zero attached hydrogens (tertiary/aromatic N) is 2. The molecule has 0 aliphatic heterocycles. The Kier molecular flexibility index (Phi) is 4.24. The van der Waals surface area contributed by atoms with E-state index < -0.39 is 0 Å². The summed E-state index contributed by atoms with van der Waals surface area (Å²) < 4.78 is 9.57. The van der Waals surface area contributed by atoms with Crippen molar-refractivity contribution in [3.63, 3.8) is 0 Å². The summed E-state index contributed by atoms with van der Waals surface area (Å²) in [4.78, 5) is 4.33. The van der Waals surface area contributed by atoms with Crippen LogP contribution in [0.5, 0.6) is 0 Å². The maximum absolute atomic E-state index is 5.31. The van der Waals surface area contributed by atoms with Gasteiger partial charge in [-0.2, -0.15) is 0 Å². The van der Waals surface area contributed by atoms with Gasteiger partial charge < -0.3 is 4.74 Å². The van der Waals surface area contributed by atoms with Crippen molar-refractivity contribution in [1.29, 1.82) is 0 Å². The molecule has 0 unspecified atom stereocenters. The number of imidazole rings is 1. The molecule has 0 radical (unpaired) electrons. The third kappa shape index (κ3) is 2.32. The zero-order chi connectivity index (χ0) is 9.14. The first kappa shape index (κ1) is 10.7. The van der Waals surface area contributed by atoms with Crippen LogP contribution < -0.4 is 0 Å². The lowest BCUT2D eigenvalue weighted by atomic mass is 10.7. The van der Waals surface area contributed by atoms with E-state index in [1.807, 2.05) is 13.8 Å². The van der Waals surface area contributed by atoms with Gasteiger partial charge in [0, 0.05) is 6.61 Å². The highest BCUT2D eigenvalue weighted by molar-refractivity contribution is 14.1. The number of aromatic nitrogens is 2. The van der Waals surface area contributed by atoms with Gasteiger partial charge in [0.15, 0.2) is 0 Å². The predicted octanol–water partition coefficient (Wildman–Crippen LogP) is 2.39. The molecule has 1 heterocycles. The number of ether oxygens (including phenoxy) is 1. The summed E-state index contributed by atoms with van der Waals surface area (Å²) in [5, 5.41) is 0. The first-order valence-electron chi connectivity index (χ1n) is 3.62. The average Bonchev–Trinajstić information content (AvgIpc) is 2.25. The largest absolute Gasteiger partial charge is 0.361 e. The van der Waals surface area contributed by atoms with E-state index in [9.17, 15) is 0 Å². The van der Waals surface area contributed by atoms with E-state index in [-0.39, 0.29) is 0 Å². The fraction of sp³-hybridized carbons (Fsp3) is 0.571. The van der Waals surface area contributed by atoms with Gasteiger partial charge in [-0.3, -0.25) is 4.57 Å². The molecule has 12 heavy (non-hydrogen) atoms. The number of aryl methyl sites for hydroxylation is 1. The predicted molar refractivity (Wildman–Crippen MR) is 64.0 cm³/mol. The second-order valence-electron chi connectivity index (χ2n) is 2.29. The summed E-state index contributed by atoms with van der Waals surface area (Å²) in [5.41, 5.74) is 0. The third-order valence-electron chi connectivity index (χ3n) is 1.48. The molecule has 0 N–H and O–H groups in total. The summed E-state index contributed by atoms with van der Waals surface area (Å²) in [6.07, 6.45) is 0. The highest BCUT2D eigenvalue weighted by atomic mass is 127. The standard InChI is InChI=1S/C7H10I2N2O/c1-3-12-4-11-5(2)10-6(8)7(11)9/h3-4H2,1-2H3. The van der Waals surface area contributed by atoms with Crippen LogP contribution in [-0.4, -0.2) is 16.2 Å². The van der Waals surface area contributed by atoms with E-state index >= 15 is 0 Å². The van der Waals surface area contributed by atoms with Crippen LogP contribution in [0.1, 0.15) is 12.7 Å². The van der Waals surface area contributed by atoms with Crippen molar-refractivity contribution in [2.75, 3.05) is 6.61 Å². The zero-order valence-electron chi connectivity index (χ0n) is 6.97. The smallest absolute Gasteiger partial charge is 0.133 e. The molecule has 3 nitrogen and oxygen atoms in total. The van der Waals surface area contributed by atoms with Gasteiger partial charge in [-0.25, -0.2) is 4.98 Å². The van der Waals surface area contributed by atoms with Gasteiger partial charge in [-0.15, -0.1) is 0 Å². The molecular formula is C7H10I2N2O. The molecular weight excluding hydrogens is 382 g/mol. The molecule has 5 heteroatoms. The first-order chi connectivity index (χ1) is 5.66. The van der Waals surface area contributed by atoms with Crippen molar-refractivity contribution in [2.24, 2.45) is 0 Å². The molecule has 0 fully saturated rings. The van der Waals surface area contributed by atoms with Crippen molar-refractivity contribution in [3.8, 4) is 0 Å². The molecule has 0 aliphatic rings. The summed E-state index contributed by atoms with van der Waals surface area (Å²) in [5.74, 6) is 1.01. The topological polar surface area (TPSA) is 27.1 Å². The quantitative estimate of drug-likeness (QED) is 0.740. The Morgan fingerprint density at radius 3 is 2.58 bits per heavy atom. The Hall–Kier alpha value is 0.630. The van der Waals surface area contributed by atoms with Crippen LogP contribution in [0.15, 0.2) is 0 Å². The Bertz CT molecular complexity index is 273. The van der Waals surface area contributed by atoms with Crippen LogP contribution in [0.25, 0.3) is 0 Å². The highest BCUT2D eigenvalue weighted by Crippen LogP contribution is 2.15. The van der Waals surface area contributed by atoms with E-state index in [0.717, 1.165) is 19.8 Å². The van der Waals surface area contributed by atoms with E-state index in [4.69, 9.17) is 4.74 Å². The van der Waals surface area contributed by atoms with Crippen LogP contribution in [0.2, 0.25) is 0 Å². The maximum Gasteiger partial charge on any atom is 0.133 e. The van der Waals surface area contributed by atoms with Gasteiger partial charge in [0.05, 0.1) is 0 Å². The summed E-state index contributed by atoms with van der Waals surface area (Å²) in [6.45, 7) is 5.33. The van der Waals surface area contributed by atoms with Crippen LogP contribution in [0.4, 0.5) is 0 Å². The molecule has 0 aliphatic carbocycles. The lowest BCUT2D eigenvalue weighted by Crippen LogP contribution is -2.06. The van der Waals surface area contributed by atoms with Gasteiger partial charge in [0.25, 0.3) is 0 Å². The normalized spacial score (nSPS) is 10.7. The second-order valence-corrected chi connectivity index (χ2v) is 4.33. The minimum absolute atomic E-state index is 0.608. The maximum atomic E-state index is 5.31. The summed E-state index contributed by atoms with van der Waals surface area (Å²) >= 11 is 4.51. The Labute approximate surface area is 99.2 Å². The van der Waals surface area contributed by atoms with Crippen molar-refractivity contribution < 1.29 is 4.74 Å². The molecule has 68 valence electrons. The van der Waals surface area contributed by atoms with E-state index in [0.29, 0.717) is 6.73 Å². The Morgan fingerprint density at radius 2 is 2.17 bits per heavy atom. The number of halogens is 2. The molecule has 0 amide bonds. The number of hydrogen-bond donors (Lipinski definition) is 0. The zero-order valence-corrected chi connectivity index (χ0v) is 11.3. The molecule has 0 bridgehead atoms. The molecule has 0 saturated carbocycles. The minimum atomic E-state index is 0.608. The molecule has 1 rings (SSSR count). The molecule has 0 spiro atoms. The summed E-state index contributed by atoms with van der Waals surface area (Å²) in [6, 6.07) is 0. The van der Waals surface area contributed by atoms with Gasteiger partial charge in [0.2, 0.25) is 0 Å². The van der Waals surface area contributed by atoms with Crippen molar-refractivity contribution >= 4 is 45.2 Å². The Balaban J connectivity index is 2.82. The lowest BCUT2D eigenvalue weighted by molar-refractivity contribution is 0.0847. The first-order valence-corrected chi connectivity index (χ1v) is 5.78. The number of rotatable bonds is 3. The van der Waals surface area contributed by atoms with Crippen LogP contribution >= 0.6 is 45.2 Å². The van der Waals surface area contributed by atoms with Gasteiger partial charge in [-0.1, -0.05) is 0 Å². The summed E-state index contributed by atoms with van der Waals surface area (Å²) in [7, 11) is 0. The van der Waals surface area contributed by atoms with Crippen LogP contribution in [-0.2, 0) is 11.5 Å². The fourth-order valence-corrected chi connectivity index (χ4v) is 2.08. The Morgan fingerprint density at radius 1 is 1.50 bits per heavy atom. The van der Waals surface area contributed by atoms with Crippen LogP contribution in [0, 0.1) is 14.3 Å². The van der Waals surface area contributed by atoms with Crippen molar-refractivity contribution in [2.45, 2.75) is 20.6 Å². The third-order valence-corrected chi connectivity index (χ3v) is 4.36. The molecule has 1 aromatic heterocycles. The second kappa shape index (κ2) is 4.75. The lowest BCUT2D eigenvalue weighted by Gasteiger charge is -2.05.